The highest BCUT2D eigenvalue weighted by Gasteiger charge is 2.53. The maximum atomic E-state index is 2.55. The van der Waals surface area contributed by atoms with Gasteiger partial charge in [0.05, 0.1) is 11.1 Å². The summed E-state index contributed by atoms with van der Waals surface area (Å²) in [4.78, 5) is 2.55. The molecule has 0 saturated carbocycles. The Kier molecular flexibility index (Phi) is 10.2. The molecule has 1 unspecified atom stereocenters. The standard InChI is InChI=1S/C71H53N/c1-3-19-49(20-4-1)51-38-42-56(43-39-51)72(68-35-17-34-67-70(68)63-28-11-14-33-66(63)71(67)64-31-12-9-26-61(64)62-27-10-13-32-65(62)71)57-44-40-52(41-45-57)58-29-16-30-60-55(47-54-23-7-8-25-59(54)69(58)60)37-36-48-18-15-24-53(46-48)50-21-5-2-6-22-50/h1-16,18-33,35,38-46,55H,17,34,36-37,47H2. The first-order valence-electron chi connectivity index (χ1n) is 25.9. The van der Waals surface area contributed by atoms with Crippen molar-refractivity contribution in [1.82, 2.24) is 0 Å². The molecule has 14 rings (SSSR count). The van der Waals surface area contributed by atoms with E-state index < -0.39 is 0 Å². The highest BCUT2D eigenvalue weighted by Crippen LogP contribution is 2.65. The molecule has 0 fully saturated rings. The first-order valence-corrected chi connectivity index (χ1v) is 25.9. The summed E-state index contributed by atoms with van der Waals surface area (Å²) >= 11 is 0. The minimum atomic E-state index is -0.349. The molecule has 1 spiro atoms. The molecule has 342 valence electrons. The van der Waals surface area contributed by atoms with E-state index in [0.717, 1.165) is 43.5 Å². The molecular formula is C71H53N. The van der Waals surface area contributed by atoms with E-state index in [0.29, 0.717) is 5.92 Å². The molecular weight excluding hydrogens is 867 g/mol. The second-order valence-electron chi connectivity index (χ2n) is 20.1. The van der Waals surface area contributed by atoms with Crippen LogP contribution in [0.2, 0.25) is 0 Å². The molecule has 10 aromatic rings. The van der Waals surface area contributed by atoms with Gasteiger partial charge in [0.2, 0.25) is 0 Å². The largest absolute Gasteiger partial charge is 0.310 e. The fourth-order valence-corrected chi connectivity index (χ4v) is 13.2. The number of allylic oxidation sites excluding steroid dienone is 3. The van der Waals surface area contributed by atoms with Crippen molar-refractivity contribution in [3.63, 3.8) is 0 Å². The van der Waals surface area contributed by atoms with Gasteiger partial charge in [0.1, 0.15) is 0 Å². The quantitative estimate of drug-likeness (QED) is 0.139. The third-order valence-electron chi connectivity index (χ3n) is 16.3. The summed E-state index contributed by atoms with van der Waals surface area (Å²) in [5.41, 5.74) is 28.9. The molecule has 0 aliphatic heterocycles. The number of nitrogens with zero attached hydrogens (tertiary/aromatic N) is 1. The molecule has 0 aromatic heterocycles. The lowest BCUT2D eigenvalue weighted by Gasteiger charge is -2.36. The number of benzene rings is 10. The van der Waals surface area contributed by atoms with E-state index >= 15 is 0 Å². The summed E-state index contributed by atoms with van der Waals surface area (Å²) in [5, 5.41) is 0. The van der Waals surface area contributed by atoms with Gasteiger partial charge in [0, 0.05) is 16.9 Å². The van der Waals surface area contributed by atoms with Crippen molar-refractivity contribution in [2.45, 2.75) is 43.4 Å². The maximum absolute atomic E-state index is 2.55. The van der Waals surface area contributed by atoms with Crippen LogP contribution >= 0.6 is 0 Å². The van der Waals surface area contributed by atoms with Gasteiger partial charge in [-0.2, -0.15) is 0 Å². The minimum Gasteiger partial charge on any atom is -0.310 e. The van der Waals surface area contributed by atoms with Crippen LogP contribution < -0.4 is 4.90 Å². The van der Waals surface area contributed by atoms with E-state index in [4.69, 9.17) is 0 Å². The SMILES string of the molecule is C1=C(N(c2ccc(-c3ccccc3)cc2)c2ccc(-c3cccc4c3-c3ccccc3CC4CCc3cccc(-c4ccccc4)c3)cc2)C2=C(CC1)C1(c3ccccc32)c2ccccc2-c2ccccc21. The fourth-order valence-electron chi connectivity index (χ4n) is 13.2. The number of fused-ring (bicyclic) bond motifs is 12. The summed E-state index contributed by atoms with van der Waals surface area (Å²) < 4.78 is 0. The van der Waals surface area contributed by atoms with E-state index in [1.54, 1.807) is 0 Å². The number of aryl methyl sites for hydroxylation is 1. The van der Waals surface area contributed by atoms with Crippen LogP contribution in [-0.2, 0) is 18.3 Å². The molecule has 0 radical (unpaired) electrons. The zero-order chi connectivity index (χ0) is 47.6. The average Bonchev–Trinajstić information content (AvgIpc) is 3.94. The van der Waals surface area contributed by atoms with Gasteiger partial charge in [-0.3, -0.25) is 0 Å². The van der Waals surface area contributed by atoms with Crippen molar-refractivity contribution in [2.75, 3.05) is 4.90 Å². The Morgan fingerprint density at radius 3 is 1.61 bits per heavy atom. The van der Waals surface area contributed by atoms with Crippen molar-refractivity contribution in [3.8, 4) is 55.6 Å². The zero-order valence-electron chi connectivity index (χ0n) is 40.3. The Morgan fingerprint density at radius 1 is 0.417 bits per heavy atom. The van der Waals surface area contributed by atoms with Crippen LogP contribution in [0.3, 0.4) is 0 Å². The molecule has 0 bridgehead atoms. The predicted molar refractivity (Wildman–Crippen MR) is 300 cm³/mol. The van der Waals surface area contributed by atoms with Crippen LogP contribution in [0.5, 0.6) is 0 Å². The summed E-state index contributed by atoms with van der Waals surface area (Å²) in [5.74, 6) is 0.418. The predicted octanol–water partition coefficient (Wildman–Crippen LogP) is 18.2. The normalized spacial score (nSPS) is 15.4. The minimum absolute atomic E-state index is 0.349. The van der Waals surface area contributed by atoms with Gasteiger partial charge < -0.3 is 4.90 Å². The van der Waals surface area contributed by atoms with Crippen molar-refractivity contribution in [2.24, 2.45) is 0 Å². The number of anilines is 2. The van der Waals surface area contributed by atoms with Crippen molar-refractivity contribution in [3.05, 3.63) is 305 Å². The third-order valence-corrected chi connectivity index (χ3v) is 16.3. The number of hydrogen-bond donors (Lipinski definition) is 0. The van der Waals surface area contributed by atoms with E-state index in [-0.39, 0.29) is 5.41 Å². The molecule has 1 nitrogen and oxygen atoms in total. The monoisotopic (exact) mass is 919 g/mol. The second kappa shape index (κ2) is 17.4. The molecule has 10 aromatic carbocycles. The Labute approximate surface area is 423 Å². The molecule has 0 saturated heterocycles. The van der Waals surface area contributed by atoms with Gasteiger partial charge in [-0.05, 0) is 162 Å². The number of hydrogen-bond acceptors (Lipinski definition) is 1. The van der Waals surface area contributed by atoms with Gasteiger partial charge in [0.25, 0.3) is 0 Å². The lowest BCUT2D eigenvalue weighted by molar-refractivity contribution is 0.616. The number of rotatable bonds is 9. The lowest BCUT2D eigenvalue weighted by atomic mass is 9.68. The van der Waals surface area contributed by atoms with Crippen LogP contribution in [0.15, 0.2) is 266 Å². The van der Waals surface area contributed by atoms with Gasteiger partial charge in [-0.15, -0.1) is 0 Å². The van der Waals surface area contributed by atoms with E-state index in [9.17, 15) is 0 Å². The Balaban J connectivity index is 0.876. The van der Waals surface area contributed by atoms with Crippen LogP contribution in [0.25, 0.3) is 61.2 Å². The van der Waals surface area contributed by atoms with Gasteiger partial charge in [-0.25, -0.2) is 0 Å². The molecule has 0 N–H and O–H groups in total. The summed E-state index contributed by atoms with van der Waals surface area (Å²) in [6, 6.07) is 93.2. The van der Waals surface area contributed by atoms with Crippen LogP contribution in [-0.4, -0.2) is 0 Å². The van der Waals surface area contributed by atoms with Crippen molar-refractivity contribution in [1.29, 1.82) is 0 Å². The zero-order valence-corrected chi connectivity index (χ0v) is 40.3. The molecule has 1 heteroatoms. The molecule has 72 heavy (non-hydrogen) atoms. The van der Waals surface area contributed by atoms with E-state index in [2.05, 4.69) is 260 Å². The smallest absolute Gasteiger partial charge is 0.0689 e. The van der Waals surface area contributed by atoms with Gasteiger partial charge in [-0.1, -0.05) is 231 Å². The Bertz CT molecular complexity index is 3720. The highest BCUT2D eigenvalue weighted by molar-refractivity contribution is 6.01. The Morgan fingerprint density at radius 2 is 0.931 bits per heavy atom. The van der Waals surface area contributed by atoms with Crippen molar-refractivity contribution < 1.29 is 0 Å². The first-order chi connectivity index (χ1) is 35.7. The molecule has 4 aliphatic rings. The van der Waals surface area contributed by atoms with Gasteiger partial charge in [0.15, 0.2) is 0 Å². The van der Waals surface area contributed by atoms with Crippen LogP contribution in [0.4, 0.5) is 11.4 Å². The van der Waals surface area contributed by atoms with Crippen LogP contribution in [0.1, 0.15) is 64.1 Å². The van der Waals surface area contributed by atoms with E-state index in [1.807, 2.05) is 0 Å². The second-order valence-corrected chi connectivity index (χ2v) is 20.1. The van der Waals surface area contributed by atoms with E-state index in [1.165, 1.54) is 111 Å². The molecule has 1 atom stereocenters. The molecule has 0 heterocycles. The Hall–Kier alpha value is -8.52. The molecule has 0 amide bonds. The molecule has 4 aliphatic carbocycles. The average molecular weight is 920 g/mol. The summed E-state index contributed by atoms with van der Waals surface area (Å²) in [7, 11) is 0. The highest BCUT2D eigenvalue weighted by atomic mass is 15.2. The maximum Gasteiger partial charge on any atom is 0.0689 e. The fraction of sp³-hybridized carbons (Fsp3) is 0.0986. The van der Waals surface area contributed by atoms with Gasteiger partial charge >= 0.3 is 0 Å². The third kappa shape index (κ3) is 6.75. The topological polar surface area (TPSA) is 3.24 Å². The first kappa shape index (κ1) is 42.4. The van der Waals surface area contributed by atoms with Crippen molar-refractivity contribution >= 4 is 16.9 Å². The summed E-state index contributed by atoms with van der Waals surface area (Å²) in [6.07, 6.45) is 7.65. The van der Waals surface area contributed by atoms with Crippen LogP contribution in [0, 0.1) is 0 Å². The lowest BCUT2D eigenvalue weighted by Crippen LogP contribution is -2.28. The summed E-state index contributed by atoms with van der Waals surface area (Å²) in [6.45, 7) is 0.